The molecular weight excluding hydrogens is 246 g/mol. The van der Waals surface area contributed by atoms with Crippen LogP contribution in [0.1, 0.15) is 31.7 Å². The van der Waals surface area contributed by atoms with Crippen molar-refractivity contribution in [3.63, 3.8) is 0 Å². The fourth-order valence-electron chi connectivity index (χ4n) is 3.04. The van der Waals surface area contributed by atoms with Gasteiger partial charge in [0.15, 0.2) is 0 Å². The number of hydrogen-bond acceptors (Lipinski definition) is 3. The molecule has 0 bridgehead atoms. The zero-order chi connectivity index (χ0) is 13.8. The molecule has 0 radical (unpaired) electrons. The summed E-state index contributed by atoms with van der Waals surface area (Å²) in [5.74, 6) is 0. The Balaban J connectivity index is 1.61. The molecule has 1 saturated carbocycles. The highest BCUT2D eigenvalue weighted by molar-refractivity contribution is 5.54. The summed E-state index contributed by atoms with van der Waals surface area (Å²) in [6, 6.07) is 9.70. The minimum Gasteiger partial charge on any atom is -0.369 e. The third-order valence-corrected chi connectivity index (χ3v) is 4.40. The first-order valence-corrected chi connectivity index (χ1v) is 8.15. The van der Waals surface area contributed by atoms with Crippen LogP contribution in [-0.4, -0.2) is 43.7 Å². The first kappa shape index (κ1) is 13.9. The van der Waals surface area contributed by atoms with Crippen LogP contribution in [0.3, 0.4) is 0 Å². The zero-order valence-electron chi connectivity index (χ0n) is 12.6. The lowest BCUT2D eigenvalue weighted by Gasteiger charge is -2.37. The van der Waals surface area contributed by atoms with E-state index >= 15 is 0 Å². The lowest BCUT2D eigenvalue weighted by atomic mass is 10.1. The van der Waals surface area contributed by atoms with Gasteiger partial charge in [-0.3, -0.25) is 4.90 Å². The molecule has 0 atom stereocenters. The van der Waals surface area contributed by atoms with Crippen molar-refractivity contribution < 1.29 is 0 Å². The van der Waals surface area contributed by atoms with Crippen molar-refractivity contribution in [1.29, 1.82) is 0 Å². The molecule has 3 heteroatoms. The van der Waals surface area contributed by atoms with Crippen molar-refractivity contribution in [3.8, 4) is 0 Å². The molecule has 0 unspecified atom stereocenters. The molecule has 1 aromatic rings. The first-order chi connectivity index (χ1) is 9.86. The van der Waals surface area contributed by atoms with Crippen molar-refractivity contribution in [2.24, 2.45) is 0 Å². The van der Waals surface area contributed by atoms with E-state index in [0.29, 0.717) is 0 Å². The van der Waals surface area contributed by atoms with Gasteiger partial charge < -0.3 is 10.2 Å². The van der Waals surface area contributed by atoms with Gasteiger partial charge >= 0.3 is 0 Å². The van der Waals surface area contributed by atoms with Crippen LogP contribution in [0, 0.1) is 0 Å². The van der Waals surface area contributed by atoms with Gasteiger partial charge in [-0.2, -0.15) is 0 Å². The number of benzene rings is 1. The summed E-state index contributed by atoms with van der Waals surface area (Å²) in [5.41, 5.74) is 2.90. The molecule has 1 aliphatic heterocycles. The van der Waals surface area contributed by atoms with E-state index in [0.717, 1.165) is 12.6 Å². The van der Waals surface area contributed by atoms with Crippen LogP contribution in [0.4, 0.5) is 5.69 Å². The second-order valence-electron chi connectivity index (χ2n) is 6.11. The van der Waals surface area contributed by atoms with E-state index in [1.165, 1.54) is 63.2 Å². The maximum atomic E-state index is 3.64. The lowest BCUT2D eigenvalue weighted by molar-refractivity contribution is 0.258. The third kappa shape index (κ3) is 3.53. The average molecular weight is 273 g/mol. The van der Waals surface area contributed by atoms with Crippen molar-refractivity contribution in [2.45, 2.75) is 38.8 Å². The number of rotatable bonds is 6. The minimum absolute atomic E-state index is 0.782. The van der Waals surface area contributed by atoms with Crippen molar-refractivity contribution in [1.82, 2.24) is 10.2 Å². The van der Waals surface area contributed by atoms with Gasteiger partial charge in [-0.15, -0.1) is 0 Å². The summed E-state index contributed by atoms with van der Waals surface area (Å²) >= 11 is 0. The molecule has 0 spiro atoms. The Morgan fingerprint density at radius 2 is 1.85 bits per heavy atom. The van der Waals surface area contributed by atoms with Crippen LogP contribution >= 0.6 is 0 Å². The summed E-state index contributed by atoms with van der Waals surface area (Å²) in [7, 11) is 0. The number of nitrogens with one attached hydrogen (secondary N) is 1. The van der Waals surface area contributed by atoms with Crippen LogP contribution in [0.15, 0.2) is 24.3 Å². The SMILES string of the molecule is CCCN1CCN(c2ccccc2CNC2CC2)CC1. The Kier molecular flexibility index (Phi) is 4.58. The van der Waals surface area contributed by atoms with Crippen LogP contribution in [0.25, 0.3) is 0 Å². The molecule has 0 aromatic heterocycles. The molecule has 1 saturated heterocycles. The van der Waals surface area contributed by atoms with Crippen molar-refractivity contribution in [2.75, 3.05) is 37.6 Å². The van der Waals surface area contributed by atoms with Gasteiger partial charge in [0.05, 0.1) is 0 Å². The van der Waals surface area contributed by atoms with E-state index in [1.54, 1.807) is 0 Å². The van der Waals surface area contributed by atoms with Crippen LogP contribution < -0.4 is 10.2 Å². The topological polar surface area (TPSA) is 18.5 Å². The number of hydrogen-bond donors (Lipinski definition) is 1. The third-order valence-electron chi connectivity index (χ3n) is 4.40. The van der Waals surface area contributed by atoms with E-state index in [9.17, 15) is 0 Å². The van der Waals surface area contributed by atoms with Gasteiger partial charge in [-0.25, -0.2) is 0 Å². The molecule has 0 amide bonds. The Hall–Kier alpha value is -1.06. The average Bonchev–Trinajstić information content (AvgIpc) is 3.31. The predicted octanol–water partition coefficient (Wildman–Crippen LogP) is 2.47. The van der Waals surface area contributed by atoms with Gasteiger partial charge in [-0.05, 0) is 37.4 Å². The maximum Gasteiger partial charge on any atom is 0.0412 e. The van der Waals surface area contributed by atoms with Crippen LogP contribution in [0.5, 0.6) is 0 Å². The molecule has 1 aromatic carbocycles. The quantitative estimate of drug-likeness (QED) is 0.859. The lowest BCUT2D eigenvalue weighted by Crippen LogP contribution is -2.46. The Morgan fingerprint density at radius 3 is 2.55 bits per heavy atom. The molecule has 1 heterocycles. The highest BCUT2D eigenvalue weighted by Crippen LogP contribution is 2.24. The zero-order valence-corrected chi connectivity index (χ0v) is 12.6. The van der Waals surface area contributed by atoms with Gasteiger partial charge in [0.25, 0.3) is 0 Å². The molecule has 1 aliphatic carbocycles. The second kappa shape index (κ2) is 6.59. The Bertz CT molecular complexity index is 420. The van der Waals surface area contributed by atoms with Gasteiger partial charge in [0.2, 0.25) is 0 Å². The summed E-state index contributed by atoms with van der Waals surface area (Å²) < 4.78 is 0. The maximum absolute atomic E-state index is 3.64. The van der Waals surface area contributed by atoms with Gasteiger partial charge in [0, 0.05) is 44.5 Å². The van der Waals surface area contributed by atoms with Crippen molar-refractivity contribution >= 4 is 5.69 Å². The number of para-hydroxylation sites is 1. The minimum atomic E-state index is 0.782. The molecule has 2 aliphatic rings. The number of anilines is 1. The largest absolute Gasteiger partial charge is 0.369 e. The summed E-state index contributed by atoms with van der Waals surface area (Å²) in [6.45, 7) is 9.29. The van der Waals surface area contributed by atoms with E-state index in [2.05, 4.69) is 46.3 Å². The van der Waals surface area contributed by atoms with E-state index in [1.807, 2.05) is 0 Å². The Morgan fingerprint density at radius 1 is 1.10 bits per heavy atom. The number of nitrogens with zero attached hydrogens (tertiary/aromatic N) is 2. The second-order valence-corrected chi connectivity index (χ2v) is 6.11. The molecular formula is C17H27N3. The fourth-order valence-corrected chi connectivity index (χ4v) is 3.04. The fraction of sp³-hybridized carbons (Fsp3) is 0.647. The number of piperazine rings is 1. The molecule has 110 valence electrons. The molecule has 20 heavy (non-hydrogen) atoms. The Labute approximate surface area is 123 Å². The normalized spacial score (nSPS) is 20.4. The van der Waals surface area contributed by atoms with E-state index in [4.69, 9.17) is 0 Å². The standard InChI is InChI=1S/C17H27N3/c1-2-9-19-10-12-20(13-11-19)17-6-4-3-5-15(17)14-18-16-7-8-16/h3-6,16,18H,2,7-14H2,1H3. The highest BCUT2D eigenvalue weighted by atomic mass is 15.3. The van der Waals surface area contributed by atoms with Crippen molar-refractivity contribution in [3.05, 3.63) is 29.8 Å². The molecule has 3 rings (SSSR count). The van der Waals surface area contributed by atoms with E-state index in [-0.39, 0.29) is 0 Å². The molecule has 2 fully saturated rings. The summed E-state index contributed by atoms with van der Waals surface area (Å²) in [4.78, 5) is 5.15. The van der Waals surface area contributed by atoms with Gasteiger partial charge in [-0.1, -0.05) is 25.1 Å². The smallest absolute Gasteiger partial charge is 0.0412 e. The first-order valence-electron chi connectivity index (χ1n) is 8.15. The van der Waals surface area contributed by atoms with Crippen LogP contribution in [0.2, 0.25) is 0 Å². The summed E-state index contributed by atoms with van der Waals surface area (Å²) in [5, 5.41) is 3.64. The van der Waals surface area contributed by atoms with Crippen LogP contribution in [-0.2, 0) is 6.54 Å². The highest BCUT2D eigenvalue weighted by Gasteiger charge is 2.22. The molecule has 3 nitrogen and oxygen atoms in total. The summed E-state index contributed by atoms with van der Waals surface area (Å²) in [6.07, 6.45) is 3.98. The van der Waals surface area contributed by atoms with E-state index < -0.39 is 0 Å². The molecule has 1 N–H and O–H groups in total. The predicted molar refractivity (Wildman–Crippen MR) is 85.2 cm³/mol. The van der Waals surface area contributed by atoms with Gasteiger partial charge in [0.1, 0.15) is 0 Å². The monoisotopic (exact) mass is 273 g/mol.